The normalized spacial score (nSPS) is 14.2. The Morgan fingerprint density at radius 3 is 0.870 bits per heavy atom. The van der Waals surface area contributed by atoms with Gasteiger partial charge in [-0.3, -0.25) is 18.6 Å². The number of carbonyl (C=O) groups excluding carboxylic acids is 2. The van der Waals surface area contributed by atoms with E-state index in [4.69, 9.17) is 18.5 Å². The Balaban J connectivity index is 4.13. The number of phosphoric ester groups is 1. The largest absolute Gasteiger partial charge is 0.472 e. The average molecular weight is 1290 g/mol. The number of hydrogen-bond donors (Lipinski definition) is 1. The topological polar surface area (TPSA) is 108 Å². The second kappa shape index (κ2) is 70.4. The van der Waals surface area contributed by atoms with Crippen molar-refractivity contribution >= 4 is 19.8 Å². The number of rotatable bonds is 65. The molecule has 0 aromatic rings. The highest BCUT2D eigenvalue weighted by Crippen LogP contribution is 2.43. The third kappa shape index (κ3) is 74.2. The summed E-state index contributed by atoms with van der Waals surface area (Å²) in [6.45, 7) is 4.18. The van der Waals surface area contributed by atoms with Crippen LogP contribution >= 0.6 is 7.82 Å². The zero-order chi connectivity index (χ0) is 66.9. The maximum atomic E-state index is 12.9. The molecule has 0 aromatic heterocycles. The van der Waals surface area contributed by atoms with Crippen LogP contribution in [-0.2, 0) is 32.7 Å². The number of unbranched alkanes of at least 4 members (excludes halogenated alkanes) is 21. The van der Waals surface area contributed by atoms with Crippen molar-refractivity contribution in [3.8, 4) is 0 Å². The molecule has 0 saturated carbocycles. The van der Waals surface area contributed by atoms with E-state index in [2.05, 4.69) is 196 Å². The smallest absolute Gasteiger partial charge is 0.462 e. The highest BCUT2D eigenvalue weighted by molar-refractivity contribution is 7.47. The van der Waals surface area contributed by atoms with Crippen LogP contribution in [0.3, 0.4) is 0 Å². The average Bonchev–Trinajstić information content (AvgIpc) is 2.14. The summed E-state index contributed by atoms with van der Waals surface area (Å²) in [5.74, 6) is -0.819. The molecule has 9 nitrogen and oxygen atoms in total. The molecule has 0 radical (unpaired) electrons. The van der Waals surface area contributed by atoms with Gasteiger partial charge in [0.05, 0.1) is 27.7 Å². The minimum Gasteiger partial charge on any atom is -0.462 e. The zero-order valence-corrected chi connectivity index (χ0v) is 60.1. The van der Waals surface area contributed by atoms with Gasteiger partial charge in [-0.15, -0.1) is 0 Å². The maximum absolute atomic E-state index is 12.9. The standard InChI is InChI=1S/C82H134NO8P/c1-6-8-10-12-14-16-18-20-22-24-26-28-30-32-34-36-38-40-41-43-45-47-49-51-53-55-57-59-61-63-65-67-69-71-73-75-82(85)91-80(79-90-92(86,87)89-77-76-83(3,4)5)78-88-81(84)74-72-70-68-66-64-62-60-58-56-54-52-50-48-46-44-42-39-37-35-33-31-29-27-25-23-21-19-17-15-13-11-9-7-2/h8-11,14-17,20-23,26-29,32-35,38-40,42-43,45,49,51,55,57,80H,6-7,12-13,18-19,24-25,30-31,36-37,41,44,46-48,50,52-54,56,58-79H2,1-5H3/p+1/b10-8-,11-9-,16-14-,17-15-,22-20-,23-21-,28-26-,29-27-,34-32-,35-33-,40-38-,42-39-,45-43-,51-49-,57-55-. The third-order valence-electron chi connectivity index (χ3n) is 14.9. The van der Waals surface area contributed by atoms with Crippen LogP contribution in [0.4, 0.5) is 0 Å². The Morgan fingerprint density at radius 1 is 0.337 bits per heavy atom. The molecule has 2 atom stereocenters. The van der Waals surface area contributed by atoms with E-state index in [0.717, 1.165) is 141 Å². The summed E-state index contributed by atoms with van der Waals surface area (Å²) in [6, 6.07) is 0. The van der Waals surface area contributed by atoms with Crippen LogP contribution in [0.5, 0.6) is 0 Å². The van der Waals surface area contributed by atoms with E-state index in [1.54, 1.807) is 0 Å². The SMILES string of the molecule is CC/C=C\C/C=C\C/C=C\C/C=C\C/C=C\C/C=C\C/C=C\C/C=C\C/C=C\CCCCCCCCCC(=O)OC(COC(=O)CCCCCCCCCCCCCCCC/C=C\C/C=C\C/C=C\C/C=C\C/C=C\C/C=C\CC)COP(=O)(O)OCC[N+](C)(C)C. The third-order valence-corrected chi connectivity index (χ3v) is 15.9. The molecule has 0 bridgehead atoms. The molecule has 0 spiro atoms. The Labute approximate surface area is 565 Å². The van der Waals surface area contributed by atoms with Crippen LogP contribution in [0.1, 0.15) is 271 Å². The van der Waals surface area contributed by atoms with Crippen molar-refractivity contribution in [2.24, 2.45) is 0 Å². The molecule has 520 valence electrons. The van der Waals surface area contributed by atoms with E-state index in [1.807, 2.05) is 21.1 Å². The molecule has 1 N–H and O–H groups in total. The van der Waals surface area contributed by atoms with E-state index >= 15 is 0 Å². The maximum Gasteiger partial charge on any atom is 0.472 e. The second-order valence-corrected chi connectivity index (χ2v) is 26.3. The van der Waals surface area contributed by atoms with Crippen LogP contribution in [0.2, 0.25) is 0 Å². The molecule has 0 amide bonds. The second-order valence-electron chi connectivity index (χ2n) is 24.9. The highest BCUT2D eigenvalue weighted by atomic mass is 31.2. The number of likely N-dealkylation sites (N-methyl/N-ethyl adjacent to an activating group) is 1. The summed E-state index contributed by atoms with van der Waals surface area (Å²) >= 11 is 0. The summed E-state index contributed by atoms with van der Waals surface area (Å²) in [5, 5.41) is 0. The fourth-order valence-corrected chi connectivity index (χ4v) is 10.2. The van der Waals surface area contributed by atoms with Crippen molar-refractivity contribution in [3.63, 3.8) is 0 Å². The first kappa shape index (κ1) is 87.1. The van der Waals surface area contributed by atoms with Crippen molar-refractivity contribution in [1.82, 2.24) is 0 Å². The number of carbonyl (C=O) groups is 2. The Hall–Kier alpha value is -4.89. The number of hydrogen-bond acceptors (Lipinski definition) is 7. The van der Waals surface area contributed by atoms with Gasteiger partial charge in [-0.1, -0.05) is 305 Å². The van der Waals surface area contributed by atoms with Crippen LogP contribution < -0.4 is 0 Å². The van der Waals surface area contributed by atoms with Crippen molar-refractivity contribution in [3.05, 3.63) is 182 Å². The van der Waals surface area contributed by atoms with Crippen LogP contribution in [0.25, 0.3) is 0 Å². The van der Waals surface area contributed by atoms with Gasteiger partial charge in [-0.2, -0.15) is 0 Å². The first-order valence-electron chi connectivity index (χ1n) is 36.5. The number of phosphoric acid groups is 1. The summed E-state index contributed by atoms with van der Waals surface area (Å²) in [6.07, 6.45) is 108. The molecule has 0 heterocycles. The minimum absolute atomic E-state index is 0.0203. The fourth-order valence-electron chi connectivity index (χ4n) is 9.42. The molecule has 0 aliphatic heterocycles. The quantitative estimate of drug-likeness (QED) is 0.0211. The summed E-state index contributed by atoms with van der Waals surface area (Å²) in [4.78, 5) is 35.9. The van der Waals surface area contributed by atoms with Crippen molar-refractivity contribution in [1.29, 1.82) is 0 Å². The van der Waals surface area contributed by atoms with Gasteiger partial charge >= 0.3 is 19.8 Å². The molecule has 0 aromatic carbocycles. The van der Waals surface area contributed by atoms with Gasteiger partial charge in [0, 0.05) is 12.8 Å². The summed E-state index contributed by atoms with van der Waals surface area (Å²) in [5.41, 5.74) is 0. The van der Waals surface area contributed by atoms with Crippen molar-refractivity contribution in [2.45, 2.75) is 277 Å². The monoisotopic (exact) mass is 1290 g/mol. The molecule has 0 fully saturated rings. The van der Waals surface area contributed by atoms with E-state index in [9.17, 15) is 19.0 Å². The molecule has 10 heteroatoms. The molecule has 0 rings (SSSR count). The summed E-state index contributed by atoms with van der Waals surface area (Å²) < 4.78 is 34.7. The lowest BCUT2D eigenvalue weighted by Gasteiger charge is -2.24. The number of esters is 2. The van der Waals surface area contributed by atoms with Gasteiger partial charge in [0.25, 0.3) is 0 Å². The predicted octanol–water partition coefficient (Wildman–Crippen LogP) is 24.3. The lowest BCUT2D eigenvalue weighted by molar-refractivity contribution is -0.870. The lowest BCUT2D eigenvalue weighted by atomic mass is 10.0. The molecule has 2 unspecified atom stereocenters. The van der Waals surface area contributed by atoms with E-state index in [-0.39, 0.29) is 32.0 Å². The van der Waals surface area contributed by atoms with Gasteiger partial charge in [0.1, 0.15) is 19.8 Å². The highest BCUT2D eigenvalue weighted by Gasteiger charge is 2.27. The first-order chi connectivity index (χ1) is 45.0. The van der Waals surface area contributed by atoms with Crippen LogP contribution in [-0.4, -0.2) is 74.9 Å². The van der Waals surface area contributed by atoms with Gasteiger partial charge in [-0.05, 0) is 135 Å². The van der Waals surface area contributed by atoms with E-state index in [0.29, 0.717) is 17.4 Å². The van der Waals surface area contributed by atoms with Gasteiger partial charge in [0.2, 0.25) is 0 Å². The Bertz CT molecular complexity index is 2210. The molecule has 0 aliphatic carbocycles. The zero-order valence-electron chi connectivity index (χ0n) is 59.2. The van der Waals surface area contributed by atoms with Crippen molar-refractivity contribution in [2.75, 3.05) is 47.5 Å². The number of allylic oxidation sites excluding steroid dienone is 30. The molecule has 92 heavy (non-hydrogen) atoms. The van der Waals surface area contributed by atoms with Crippen molar-refractivity contribution < 1.29 is 42.1 Å². The predicted molar refractivity (Wildman–Crippen MR) is 399 cm³/mol. The lowest BCUT2D eigenvalue weighted by Crippen LogP contribution is -2.37. The number of quaternary nitrogens is 1. The van der Waals surface area contributed by atoms with E-state index in [1.165, 1.54) is 96.3 Å². The fraction of sp³-hybridized carbons (Fsp3) is 0.610. The molecular formula is C82H135NO8P+. The van der Waals surface area contributed by atoms with Crippen LogP contribution in [0, 0.1) is 0 Å². The van der Waals surface area contributed by atoms with Crippen LogP contribution in [0.15, 0.2) is 182 Å². The molecule has 0 saturated heterocycles. The Kier molecular flexibility index (Phi) is 66.7. The first-order valence-corrected chi connectivity index (χ1v) is 38.0. The molecular weight excluding hydrogens is 1160 g/mol. The van der Waals surface area contributed by atoms with Gasteiger partial charge < -0.3 is 18.9 Å². The summed E-state index contributed by atoms with van der Waals surface area (Å²) in [7, 11) is 1.45. The minimum atomic E-state index is -4.41. The number of nitrogens with zero attached hydrogens (tertiary/aromatic N) is 1. The van der Waals surface area contributed by atoms with Gasteiger partial charge in [-0.25, -0.2) is 4.57 Å². The number of ether oxygens (including phenoxy) is 2. The molecule has 0 aliphatic rings. The Morgan fingerprint density at radius 2 is 0.587 bits per heavy atom. The van der Waals surface area contributed by atoms with E-state index < -0.39 is 26.5 Å². The van der Waals surface area contributed by atoms with Gasteiger partial charge in [0.15, 0.2) is 6.10 Å².